The molecule has 1 aromatic heterocycles. The number of likely N-dealkylation sites (N-methyl/N-ethyl adjacent to an activating group) is 1. The van der Waals surface area contributed by atoms with Crippen molar-refractivity contribution >= 4 is 33.0 Å². The zero-order chi connectivity index (χ0) is 14.4. The molecule has 0 aliphatic heterocycles. The van der Waals surface area contributed by atoms with E-state index >= 15 is 0 Å². The van der Waals surface area contributed by atoms with Crippen molar-refractivity contribution in [3.05, 3.63) is 34.2 Å². The molecule has 0 unspecified atom stereocenters. The Kier molecular flexibility index (Phi) is 6.26. The van der Waals surface area contributed by atoms with Crippen LogP contribution in [0.25, 0.3) is 10.1 Å². The van der Waals surface area contributed by atoms with Crippen molar-refractivity contribution in [2.75, 3.05) is 40.4 Å². The van der Waals surface area contributed by atoms with Gasteiger partial charge in [0, 0.05) is 34.6 Å². The van der Waals surface area contributed by atoms with Gasteiger partial charge >= 0.3 is 0 Å². The summed E-state index contributed by atoms with van der Waals surface area (Å²) in [4.78, 5) is 3.31. The molecule has 3 nitrogen and oxygen atoms in total. The summed E-state index contributed by atoms with van der Waals surface area (Å²) in [7, 11) is 4.09. The van der Waals surface area contributed by atoms with Gasteiger partial charge in [0.2, 0.25) is 0 Å². The maximum atomic E-state index is 6.39. The maximum Gasteiger partial charge on any atom is 0.0636 e. The number of halogens is 1. The molecule has 1 aromatic carbocycles. The third-order valence-corrected chi connectivity index (χ3v) is 4.71. The molecular formula is C15H21ClN2OS. The molecule has 0 spiro atoms. The Balaban J connectivity index is 1.72. The molecule has 20 heavy (non-hydrogen) atoms. The highest BCUT2D eigenvalue weighted by Crippen LogP contribution is 2.34. The van der Waals surface area contributed by atoms with Crippen LogP contribution in [0, 0.1) is 0 Å². The molecule has 110 valence electrons. The van der Waals surface area contributed by atoms with E-state index in [4.69, 9.17) is 16.3 Å². The van der Waals surface area contributed by atoms with Crippen LogP contribution < -0.4 is 5.32 Å². The lowest BCUT2D eigenvalue weighted by Crippen LogP contribution is -2.22. The lowest BCUT2D eigenvalue weighted by Gasteiger charge is -2.10. The molecule has 0 aliphatic carbocycles. The molecule has 0 aliphatic rings. The van der Waals surface area contributed by atoms with Gasteiger partial charge in [-0.1, -0.05) is 29.8 Å². The molecule has 2 aromatic rings. The summed E-state index contributed by atoms with van der Waals surface area (Å²) in [5.41, 5.74) is 0. The summed E-state index contributed by atoms with van der Waals surface area (Å²) in [5.74, 6) is 0. The van der Waals surface area contributed by atoms with Gasteiger partial charge in [-0.3, -0.25) is 0 Å². The van der Waals surface area contributed by atoms with Crippen molar-refractivity contribution in [2.24, 2.45) is 0 Å². The minimum Gasteiger partial charge on any atom is -0.379 e. The van der Waals surface area contributed by atoms with Gasteiger partial charge in [-0.2, -0.15) is 0 Å². The van der Waals surface area contributed by atoms with Crippen molar-refractivity contribution in [3.8, 4) is 0 Å². The van der Waals surface area contributed by atoms with E-state index in [1.165, 1.54) is 9.58 Å². The Hall–Kier alpha value is -0.650. The van der Waals surface area contributed by atoms with Crippen molar-refractivity contribution in [1.29, 1.82) is 0 Å². The van der Waals surface area contributed by atoms with Crippen LogP contribution in [0.15, 0.2) is 24.3 Å². The number of fused-ring (bicyclic) bond motifs is 1. The number of nitrogens with one attached hydrogen (secondary N) is 1. The van der Waals surface area contributed by atoms with Crippen LogP contribution >= 0.6 is 22.9 Å². The molecule has 0 fully saturated rings. The maximum absolute atomic E-state index is 6.39. The third kappa shape index (κ3) is 4.43. The standard InChI is InChI=1S/C15H21ClN2OS/c1-18(2)8-10-19-9-7-17-11-14-15(16)12-5-3-4-6-13(12)20-14/h3-6,17H,7-11H2,1-2H3. The van der Waals surface area contributed by atoms with Gasteiger partial charge in [-0.05, 0) is 20.2 Å². The molecule has 0 atom stereocenters. The van der Waals surface area contributed by atoms with Gasteiger partial charge < -0.3 is 15.0 Å². The Morgan fingerprint density at radius 3 is 2.80 bits per heavy atom. The largest absolute Gasteiger partial charge is 0.379 e. The quantitative estimate of drug-likeness (QED) is 0.757. The highest BCUT2D eigenvalue weighted by atomic mass is 35.5. The second-order valence-electron chi connectivity index (χ2n) is 4.93. The molecule has 2 rings (SSSR count). The molecule has 0 saturated carbocycles. The number of ether oxygens (including phenoxy) is 1. The van der Waals surface area contributed by atoms with Crippen LogP contribution in [-0.2, 0) is 11.3 Å². The second kappa shape index (κ2) is 7.96. The van der Waals surface area contributed by atoms with E-state index in [1.54, 1.807) is 11.3 Å². The highest BCUT2D eigenvalue weighted by molar-refractivity contribution is 7.19. The average molecular weight is 313 g/mol. The Labute approximate surface area is 129 Å². The van der Waals surface area contributed by atoms with E-state index < -0.39 is 0 Å². The minimum absolute atomic E-state index is 0.732. The van der Waals surface area contributed by atoms with Crippen LogP contribution in [0.5, 0.6) is 0 Å². The number of nitrogens with zero attached hydrogens (tertiary/aromatic N) is 1. The molecule has 1 N–H and O–H groups in total. The number of hydrogen-bond acceptors (Lipinski definition) is 4. The molecule has 0 amide bonds. The first-order chi connectivity index (χ1) is 9.68. The van der Waals surface area contributed by atoms with Gasteiger partial charge in [-0.25, -0.2) is 0 Å². The fourth-order valence-corrected chi connectivity index (χ4v) is 3.34. The Bertz CT molecular complexity index is 542. The normalized spacial score (nSPS) is 11.6. The van der Waals surface area contributed by atoms with E-state index in [2.05, 4.69) is 22.3 Å². The van der Waals surface area contributed by atoms with E-state index in [0.717, 1.165) is 43.3 Å². The van der Waals surface area contributed by atoms with Gasteiger partial charge in [-0.15, -0.1) is 11.3 Å². The summed E-state index contributed by atoms with van der Waals surface area (Å²) in [5, 5.41) is 5.41. The number of rotatable bonds is 8. The summed E-state index contributed by atoms with van der Waals surface area (Å²) < 4.78 is 6.78. The lowest BCUT2D eigenvalue weighted by atomic mass is 10.2. The Morgan fingerprint density at radius 2 is 2.05 bits per heavy atom. The smallest absolute Gasteiger partial charge is 0.0636 e. The Morgan fingerprint density at radius 1 is 1.25 bits per heavy atom. The SMILES string of the molecule is CN(C)CCOCCNCc1sc2ccccc2c1Cl. The third-order valence-electron chi connectivity index (χ3n) is 2.99. The predicted molar refractivity (Wildman–Crippen MR) is 87.9 cm³/mol. The molecular weight excluding hydrogens is 292 g/mol. The first kappa shape index (κ1) is 15.7. The van der Waals surface area contributed by atoms with Crippen molar-refractivity contribution in [1.82, 2.24) is 10.2 Å². The zero-order valence-corrected chi connectivity index (χ0v) is 13.6. The fraction of sp³-hybridized carbons (Fsp3) is 0.467. The fourth-order valence-electron chi connectivity index (χ4n) is 1.87. The summed E-state index contributed by atoms with van der Waals surface area (Å²) in [6.07, 6.45) is 0. The van der Waals surface area contributed by atoms with Crippen LogP contribution in [-0.4, -0.2) is 45.3 Å². The zero-order valence-electron chi connectivity index (χ0n) is 12.0. The number of thiophene rings is 1. The number of benzene rings is 1. The van der Waals surface area contributed by atoms with Gasteiger partial charge in [0.15, 0.2) is 0 Å². The van der Waals surface area contributed by atoms with Crippen LogP contribution in [0.1, 0.15) is 4.88 Å². The second-order valence-corrected chi connectivity index (χ2v) is 6.44. The van der Waals surface area contributed by atoms with E-state index in [9.17, 15) is 0 Å². The summed E-state index contributed by atoms with van der Waals surface area (Å²) in [6.45, 7) is 4.12. The van der Waals surface area contributed by atoms with E-state index in [0.29, 0.717) is 0 Å². The van der Waals surface area contributed by atoms with Gasteiger partial charge in [0.1, 0.15) is 0 Å². The van der Waals surface area contributed by atoms with Crippen LogP contribution in [0.2, 0.25) is 5.02 Å². The average Bonchev–Trinajstić information content (AvgIpc) is 2.75. The molecule has 5 heteroatoms. The number of hydrogen-bond donors (Lipinski definition) is 1. The lowest BCUT2D eigenvalue weighted by molar-refractivity contribution is 0.119. The van der Waals surface area contributed by atoms with Crippen molar-refractivity contribution in [3.63, 3.8) is 0 Å². The van der Waals surface area contributed by atoms with Crippen LogP contribution in [0.3, 0.4) is 0 Å². The minimum atomic E-state index is 0.732. The van der Waals surface area contributed by atoms with Gasteiger partial charge in [0.05, 0.1) is 18.2 Å². The van der Waals surface area contributed by atoms with Crippen LogP contribution in [0.4, 0.5) is 0 Å². The van der Waals surface area contributed by atoms with E-state index in [-0.39, 0.29) is 0 Å². The molecule has 0 saturated heterocycles. The first-order valence-corrected chi connectivity index (χ1v) is 7.97. The molecule has 0 bridgehead atoms. The topological polar surface area (TPSA) is 24.5 Å². The van der Waals surface area contributed by atoms with Crippen molar-refractivity contribution < 1.29 is 4.74 Å². The predicted octanol–water partition coefficient (Wildman–Crippen LogP) is 3.22. The first-order valence-electron chi connectivity index (χ1n) is 6.77. The highest BCUT2D eigenvalue weighted by Gasteiger charge is 2.08. The van der Waals surface area contributed by atoms with E-state index in [1.807, 2.05) is 26.2 Å². The molecule has 0 radical (unpaired) electrons. The monoisotopic (exact) mass is 312 g/mol. The summed E-state index contributed by atoms with van der Waals surface area (Å²) >= 11 is 8.14. The van der Waals surface area contributed by atoms with Crippen molar-refractivity contribution in [2.45, 2.75) is 6.54 Å². The summed E-state index contributed by atoms with van der Waals surface area (Å²) in [6, 6.07) is 8.25. The molecule has 1 heterocycles. The van der Waals surface area contributed by atoms with Gasteiger partial charge in [0.25, 0.3) is 0 Å².